The number of amides is 1. The van der Waals surface area contributed by atoms with E-state index in [0.29, 0.717) is 0 Å². The number of carbonyl (C=O) groups excluding carboxylic acids is 3. The van der Waals surface area contributed by atoms with Gasteiger partial charge in [0.1, 0.15) is 24.8 Å². The largest absolute Gasteiger partial charge is 0.460 e. The van der Waals surface area contributed by atoms with Crippen LogP contribution in [0.2, 0.25) is 0 Å². The molecule has 23 heavy (non-hydrogen) atoms. The summed E-state index contributed by atoms with van der Waals surface area (Å²) in [6, 6.07) is -1.12. The van der Waals surface area contributed by atoms with E-state index in [1.807, 2.05) is 0 Å². The lowest BCUT2D eigenvalue weighted by molar-refractivity contribution is -0.902. The Bertz CT molecular complexity index is 432. The molecule has 0 radical (unpaired) electrons. The third-order valence-electron chi connectivity index (χ3n) is 2.72. The van der Waals surface area contributed by atoms with Crippen molar-refractivity contribution in [3.63, 3.8) is 0 Å². The number of hydrogen-bond acceptors (Lipinski definition) is 5. The first-order valence-corrected chi connectivity index (χ1v) is 7.40. The third kappa shape index (κ3) is 10.6. The van der Waals surface area contributed by atoms with Gasteiger partial charge in [0, 0.05) is 6.92 Å². The lowest BCUT2D eigenvalue weighted by Crippen LogP contribution is -2.45. The van der Waals surface area contributed by atoms with E-state index in [0.717, 1.165) is 0 Å². The molecule has 134 valence electrons. The van der Waals surface area contributed by atoms with Crippen LogP contribution in [0.5, 0.6) is 0 Å². The van der Waals surface area contributed by atoms with Crippen molar-refractivity contribution < 1.29 is 32.7 Å². The highest BCUT2D eigenvalue weighted by molar-refractivity contribution is 5.87. The van der Waals surface area contributed by atoms with E-state index >= 15 is 0 Å². The van der Waals surface area contributed by atoms with Crippen molar-refractivity contribution in [3.05, 3.63) is 0 Å². The van der Waals surface area contributed by atoms with Gasteiger partial charge in [-0.25, -0.2) is 4.79 Å². The van der Waals surface area contributed by atoms with Crippen molar-refractivity contribution in [2.24, 2.45) is 0 Å². The van der Waals surface area contributed by atoms with Gasteiger partial charge < -0.3 is 14.8 Å². The van der Waals surface area contributed by atoms with Crippen LogP contribution in [0.25, 0.3) is 0 Å². The maximum absolute atomic E-state index is 12.7. The van der Waals surface area contributed by atoms with Gasteiger partial charge in [-0.15, -0.1) is 0 Å². The van der Waals surface area contributed by atoms with Crippen molar-refractivity contribution in [2.75, 3.05) is 34.0 Å². The van der Waals surface area contributed by atoms with E-state index in [2.05, 4.69) is 5.32 Å². The maximum atomic E-state index is 12.7. The predicted molar refractivity (Wildman–Crippen MR) is 82.0 cm³/mol. The minimum atomic E-state index is -1.12. The maximum Gasteiger partial charge on any atom is 0.329 e. The number of ether oxygens (including phenoxy) is 2. The number of rotatable bonds is 8. The monoisotopic (exact) mass is 335 g/mol. The molecular formula is C15H28FN2O5+. The lowest BCUT2D eigenvalue weighted by Gasteiger charge is -2.26. The molecule has 1 amide bonds. The summed E-state index contributed by atoms with van der Waals surface area (Å²) in [5.41, 5.74) is -0.690. The summed E-state index contributed by atoms with van der Waals surface area (Å²) in [4.78, 5) is 35.0. The first-order chi connectivity index (χ1) is 10.4. The molecule has 0 spiro atoms. The number of nitrogens with one attached hydrogen (secondary N) is 1. The van der Waals surface area contributed by atoms with Crippen molar-refractivity contribution >= 4 is 17.8 Å². The molecule has 0 fully saturated rings. The van der Waals surface area contributed by atoms with Crippen LogP contribution in [0.15, 0.2) is 0 Å². The molecule has 0 heterocycles. The van der Waals surface area contributed by atoms with Crippen molar-refractivity contribution in [3.8, 4) is 0 Å². The van der Waals surface area contributed by atoms with Crippen LogP contribution in [0.4, 0.5) is 4.39 Å². The van der Waals surface area contributed by atoms with Crippen LogP contribution in [0.3, 0.4) is 0 Å². The topological polar surface area (TPSA) is 81.7 Å². The number of carbonyl (C=O) groups is 3. The Balaban J connectivity index is 4.61. The molecule has 0 aromatic heterocycles. The summed E-state index contributed by atoms with van der Waals surface area (Å²) in [5, 5.41) is 2.36. The number of quaternary nitrogens is 1. The van der Waals surface area contributed by atoms with Gasteiger partial charge in [0.15, 0.2) is 0 Å². The molecule has 0 aromatic carbocycles. The lowest BCUT2D eigenvalue weighted by atomic mass is 10.1. The van der Waals surface area contributed by atoms with E-state index < -0.39 is 36.3 Å². The Morgan fingerprint density at radius 1 is 1.22 bits per heavy atom. The first kappa shape index (κ1) is 21.3. The quantitative estimate of drug-likeness (QED) is 0.402. The van der Waals surface area contributed by atoms with Crippen LogP contribution in [-0.2, 0) is 23.9 Å². The zero-order valence-corrected chi connectivity index (χ0v) is 14.8. The van der Waals surface area contributed by atoms with E-state index in [1.165, 1.54) is 6.92 Å². The highest BCUT2D eigenvalue weighted by atomic mass is 19.1. The standard InChI is InChI=1S/C15H27FN2O5/c1-11(19)17-12(9-13(20)23-15(2,3)4)14(21)22-8-7-18(5,6)10-16/h12H,7-10H2,1-6H3/p+1/t12-/m0/s1. The second kappa shape index (κ2) is 8.81. The van der Waals surface area contributed by atoms with Gasteiger partial charge in [0.25, 0.3) is 0 Å². The highest BCUT2D eigenvalue weighted by Crippen LogP contribution is 2.10. The van der Waals surface area contributed by atoms with E-state index in [9.17, 15) is 18.8 Å². The first-order valence-electron chi connectivity index (χ1n) is 7.40. The van der Waals surface area contributed by atoms with Gasteiger partial charge >= 0.3 is 11.9 Å². The molecule has 0 aromatic rings. The van der Waals surface area contributed by atoms with E-state index in [1.54, 1.807) is 34.9 Å². The molecule has 7 nitrogen and oxygen atoms in total. The summed E-state index contributed by atoms with van der Waals surface area (Å²) < 4.78 is 22.9. The number of nitrogens with zero attached hydrogens (tertiary/aromatic N) is 1. The van der Waals surface area contributed by atoms with Crippen LogP contribution in [0.1, 0.15) is 34.1 Å². The highest BCUT2D eigenvalue weighted by Gasteiger charge is 2.28. The second-order valence-corrected chi connectivity index (χ2v) is 6.99. The predicted octanol–water partition coefficient (Wildman–Crippen LogP) is 0.770. The Labute approximate surface area is 136 Å². The fraction of sp³-hybridized carbons (Fsp3) is 0.800. The second-order valence-electron chi connectivity index (χ2n) is 6.99. The molecule has 1 N–H and O–H groups in total. The van der Waals surface area contributed by atoms with E-state index in [-0.39, 0.29) is 24.1 Å². The molecule has 0 unspecified atom stereocenters. The average molecular weight is 335 g/mol. The number of alkyl halides is 1. The van der Waals surface area contributed by atoms with Gasteiger partial charge in [-0.2, -0.15) is 4.39 Å². The van der Waals surface area contributed by atoms with Gasteiger partial charge in [-0.05, 0) is 20.8 Å². The molecule has 0 bridgehead atoms. The summed E-state index contributed by atoms with van der Waals surface area (Å²) in [5.74, 6) is -1.83. The zero-order chi connectivity index (χ0) is 18.3. The number of esters is 2. The van der Waals surface area contributed by atoms with Gasteiger partial charge in [-0.3, -0.25) is 14.1 Å². The SMILES string of the molecule is CC(=O)N[C@@H](CC(=O)OC(C)(C)C)C(=O)OCC[N+](C)(C)CF. The molecule has 0 saturated carbocycles. The van der Waals surface area contributed by atoms with Crippen LogP contribution in [0, 0.1) is 0 Å². The Morgan fingerprint density at radius 2 is 1.78 bits per heavy atom. The smallest absolute Gasteiger partial charge is 0.329 e. The average Bonchev–Trinajstić information content (AvgIpc) is 2.34. The Kier molecular flexibility index (Phi) is 8.16. The number of hydrogen-bond donors (Lipinski definition) is 1. The molecule has 0 rings (SSSR count). The van der Waals surface area contributed by atoms with Crippen LogP contribution < -0.4 is 5.32 Å². The molecule has 0 aliphatic heterocycles. The Morgan fingerprint density at radius 3 is 2.22 bits per heavy atom. The minimum absolute atomic E-state index is 0.0137. The zero-order valence-electron chi connectivity index (χ0n) is 14.8. The van der Waals surface area contributed by atoms with Gasteiger partial charge in [0.2, 0.25) is 12.7 Å². The number of halogens is 1. The Hall–Kier alpha value is -1.70. The molecule has 0 saturated heterocycles. The van der Waals surface area contributed by atoms with Gasteiger partial charge in [0.05, 0.1) is 20.5 Å². The molecule has 1 atom stereocenters. The summed E-state index contributed by atoms with van der Waals surface area (Å²) >= 11 is 0. The summed E-state index contributed by atoms with van der Waals surface area (Å²) in [7, 11) is 3.31. The summed E-state index contributed by atoms with van der Waals surface area (Å²) in [6.07, 6.45) is -0.322. The fourth-order valence-electron chi connectivity index (χ4n) is 1.54. The molecule has 0 aliphatic carbocycles. The normalized spacial score (nSPS) is 13.2. The van der Waals surface area contributed by atoms with Crippen molar-refractivity contribution in [1.29, 1.82) is 0 Å². The minimum Gasteiger partial charge on any atom is -0.460 e. The number of likely N-dealkylation sites (N-methyl/N-ethyl adjacent to an activating group) is 1. The molecular weight excluding hydrogens is 307 g/mol. The van der Waals surface area contributed by atoms with Crippen molar-refractivity contribution in [2.45, 2.75) is 45.8 Å². The van der Waals surface area contributed by atoms with Crippen LogP contribution in [-0.4, -0.2) is 68.0 Å². The van der Waals surface area contributed by atoms with Gasteiger partial charge in [-0.1, -0.05) is 0 Å². The van der Waals surface area contributed by atoms with Crippen LogP contribution >= 0.6 is 0 Å². The fourth-order valence-corrected chi connectivity index (χ4v) is 1.54. The summed E-state index contributed by atoms with van der Waals surface area (Å²) in [6.45, 7) is 6.01. The molecule has 0 aliphatic rings. The van der Waals surface area contributed by atoms with E-state index in [4.69, 9.17) is 9.47 Å². The van der Waals surface area contributed by atoms with Crippen molar-refractivity contribution in [1.82, 2.24) is 5.32 Å². The molecule has 8 heteroatoms. The third-order valence-corrected chi connectivity index (χ3v) is 2.72.